The first-order valence-corrected chi connectivity index (χ1v) is 8.88. The number of methoxy groups -OCH3 is 2. The minimum Gasteiger partial charge on any atom is -0.497 e. The maximum atomic E-state index is 14.7. The molecule has 0 radical (unpaired) electrons. The van der Waals surface area contributed by atoms with E-state index in [0.717, 1.165) is 17.4 Å². The fourth-order valence-electron chi connectivity index (χ4n) is 3.13. The van der Waals surface area contributed by atoms with E-state index in [4.69, 9.17) is 15.2 Å². The molecule has 0 bridgehead atoms. The highest BCUT2D eigenvalue weighted by Gasteiger charge is 2.23. The van der Waals surface area contributed by atoms with Gasteiger partial charge in [0.2, 0.25) is 0 Å². The Morgan fingerprint density at radius 2 is 1.90 bits per heavy atom. The van der Waals surface area contributed by atoms with Crippen molar-refractivity contribution in [3.8, 4) is 22.6 Å². The number of nitrogens with two attached hydrogens (primary N) is 1. The first-order valence-electron chi connectivity index (χ1n) is 8.88. The normalized spacial score (nSPS) is 10.8. The average molecular weight is 400 g/mol. The maximum Gasteiger partial charge on any atom is 0.311 e. The summed E-state index contributed by atoms with van der Waals surface area (Å²) in [6.45, 7) is 0.764. The number of halogens is 1. The van der Waals surface area contributed by atoms with E-state index in [1.54, 1.807) is 11.8 Å². The molecule has 0 saturated carbocycles. The SMILES string of the molecule is COc1ccc(Cn2ncc(-c3cc([N+](=O)[O-])c(OC)cc3F)c2CCN)cc1. The van der Waals surface area contributed by atoms with Crippen molar-refractivity contribution < 1.29 is 18.8 Å². The van der Waals surface area contributed by atoms with Crippen molar-refractivity contribution in [3.63, 3.8) is 0 Å². The number of benzene rings is 2. The van der Waals surface area contributed by atoms with E-state index in [9.17, 15) is 14.5 Å². The van der Waals surface area contributed by atoms with Crippen molar-refractivity contribution in [2.24, 2.45) is 5.73 Å². The predicted octanol–water partition coefficient (Wildman–Crippen LogP) is 3.16. The molecule has 0 aliphatic carbocycles. The molecule has 1 aromatic heterocycles. The number of nitro groups is 1. The van der Waals surface area contributed by atoms with E-state index in [1.165, 1.54) is 19.4 Å². The molecule has 3 rings (SSSR count). The molecule has 0 unspecified atom stereocenters. The molecule has 3 aromatic rings. The van der Waals surface area contributed by atoms with E-state index >= 15 is 0 Å². The summed E-state index contributed by atoms with van der Waals surface area (Å²) in [5, 5.41) is 15.7. The Balaban J connectivity index is 2.04. The minimum atomic E-state index is -0.630. The molecule has 2 N–H and O–H groups in total. The number of nitro benzene ring substituents is 1. The van der Waals surface area contributed by atoms with Gasteiger partial charge in [-0.15, -0.1) is 0 Å². The average Bonchev–Trinajstić information content (AvgIpc) is 3.10. The van der Waals surface area contributed by atoms with Crippen molar-refractivity contribution in [1.82, 2.24) is 9.78 Å². The zero-order chi connectivity index (χ0) is 21.0. The number of aromatic nitrogens is 2. The van der Waals surface area contributed by atoms with E-state index in [1.807, 2.05) is 24.3 Å². The number of nitrogens with zero attached hydrogens (tertiary/aromatic N) is 3. The summed E-state index contributed by atoms with van der Waals surface area (Å²) in [6, 6.07) is 9.68. The van der Waals surface area contributed by atoms with Crippen LogP contribution in [0.15, 0.2) is 42.6 Å². The van der Waals surface area contributed by atoms with Gasteiger partial charge in [-0.1, -0.05) is 12.1 Å². The van der Waals surface area contributed by atoms with E-state index in [2.05, 4.69) is 5.10 Å². The Labute approximate surface area is 166 Å². The van der Waals surface area contributed by atoms with Crippen molar-refractivity contribution >= 4 is 5.69 Å². The van der Waals surface area contributed by atoms with Crippen LogP contribution in [-0.4, -0.2) is 35.5 Å². The van der Waals surface area contributed by atoms with Crippen molar-refractivity contribution in [2.75, 3.05) is 20.8 Å². The van der Waals surface area contributed by atoms with Gasteiger partial charge in [-0.3, -0.25) is 14.8 Å². The molecule has 0 spiro atoms. The topological polar surface area (TPSA) is 105 Å². The molecule has 0 atom stereocenters. The second-order valence-electron chi connectivity index (χ2n) is 6.31. The van der Waals surface area contributed by atoms with E-state index in [-0.39, 0.29) is 17.0 Å². The molecular weight excluding hydrogens is 379 g/mol. The van der Waals surface area contributed by atoms with Gasteiger partial charge in [-0.25, -0.2) is 4.39 Å². The molecule has 2 aromatic carbocycles. The summed E-state index contributed by atoms with van der Waals surface area (Å²) in [5.74, 6) is -0.0262. The molecule has 1 heterocycles. The zero-order valence-corrected chi connectivity index (χ0v) is 16.1. The Hall–Kier alpha value is -3.46. The maximum absolute atomic E-state index is 14.7. The van der Waals surface area contributed by atoms with Crippen LogP contribution >= 0.6 is 0 Å². The lowest BCUT2D eigenvalue weighted by atomic mass is 10.0. The van der Waals surface area contributed by atoms with Gasteiger partial charge in [0.25, 0.3) is 0 Å². The quantitative estimate of drug-likeness (QED) is 0.460. The Morgan fingerprint density at radius 3 is 2.48 bits per heavy atom. The second-order valence-corrected chi connectivity index (χ2v) is 6.31. The molecule has 9 heteroatoms. The van der Waals surface area contributed by atoms with Gasteiger partial charge < -0.3 is 15.2 Å². The smallest absolute Gasteiger partial charge is 0.311 e. The third-order valence-corrected chi connectivity index (χ3v) is 4.58. The fraction of sp³-hybridized carbons (Fsp3) is 0.250. The third-order valence-electron chi connectivity index (χ3n) is 4.58. The van der Waals surface area contributed by atoms with E-state index in [0.29, 0.717) is 30.8 Å². The van der Waals surface area contributed by atoms with Gasteiger partial charge in [0.05, 0.1) is 31.9 Å². The molecule has 0 saturated heterocycles. The predicted molar refractivity (Wildman–Crippen MR) is 106 cm³/mol. The van der Waals surface area contributed by atoms with Crippen LogP contribution in [0.2, 0.25) is 0 Å². The largest absolute Gasteiger partial charge is 0.497 e. The molecule has 0 aliphatic heterocycles. The number of hydrogen-bond acceptors (Lipinski definition) is 6. The minimum absolute atomic E-state index is 0.0851. The summed E-state index contributed by atoms with van der Waals surface area (Å²) in [4.78, 5) is 10.7. The highest BCUT2D eigenvalue weighted by Crippen LogP contribution is 2.36. The second kappa shape index (κ2) is 8.70. The van der Waals surface area contributed by atoms with Crippen LogP contribution in [0, 0.1) is 15.9 Å². The molecule has 29 heavy (non-hydrogen) atoms. The van der Waals surface area contributed by atoms with Crippen LogP contribution in [0.1, 0.15) is 11.3 Å². The summed E-state index contributed by atoms with van der Waals surface area (Å²) in [7, 11) is 2.85. The van der Waals surface area contributed by atoms with Crippen LogP contribution < -0.4 is 15.2 Å². The Kier molecular flexibility index (Phi) is 6.08. The van der Waals surface area contributed by atoms with Crippen molar-refractivity contribution in [1.29, 1.82) is 0 Å². The number of ether oxygens (including phenoxy) is 2. The summed E-state index contributed by atoms with van der Waals surface area (Å²) < 4.78 is 26.5. The fourth-order valence-corrected chi connectivity index (χ4v) is 3.13. The van der Waals surface area contributed by atoms with Crippen LogP contribution in [-0.2, 0) is 13.0 Å². The summed E-state index contributed by atoms with van der Waals surface area (Å²) in [5.41, 5.74) is 7.65. The standard InChI is InChI=1S/C20H21FN4O4/c1-28-14-5-3-13(4-6-14)12-24-18(7-8-22)16(11-23-24)15-9-19(25(26)27)20(29-2)10-17(15)21/h3-6,9-11H,7-8,12,22H2,1-2H3. The van der Waals surface area contributed by atoms with Gasteiger partial charge >= 0.3 is 5.69 Å². The van der Waals surface area contributed by atoms with Crippen LogP contribution in [0.3, 0.4) is 0 Å². The van der Waals surface area contributed by atoms with Gasteiger partial charge in [0.15, 0.2) is 5.75 Å². The highest BCUT2D eigenvalue weighted by molar-refractivity contribution is 5.71. The Morgan fingerprint density at radius 1 is 1.17 bits per heavy atom. The van der Waals surface area contributed by atoms with Crippen molar-refractivity contribution in [3.05, 3.63) is 69.8 Å². The van der Waals surface area contributed by atoms with Crippen molar-refractivity contribution in [2.45, 2.75) is 13.0 Å². The molecule has 0 fully saturated rings. The number of hydrogen-bond donors (Lipinski definition) is 1. The molecule has 152 valence electrons. The van der Waals surface area contributed by atoms with Gasteiger partial charge in [0, 0.05) is 35.4 Å². The zero-order valence-electron chi connectivity index (χ0n) is 16.1. The summed E-state index contributed by atoms with van der Waals surface area (Å²) in [6.07, 6.45) is 1.94. The Bertz CT molecular complexity index is 1020. The molecule has 0 aliphatic rings. The highest BCUT2D eigenvalue weighted by atomic mass is 19.1. The van der Waals surface area contributed by atoms with Gasteiger partial charge in [-0.2, -0.15) is 5.10 Å². The van der Waals surface area contributed by atoms with E-state index < -0.39 is 10.7 Å². The van der Waals surface area contributed by atoms with Gasteiger partial charge in [0.1, 0.15) is 11.6 Å². The first-order chi connectivity index (χ1) is 14.0. The molecule has 0 amide bonds. The third kappa shape index (κ3) is 4.19. The van der Waals surface area contributed by atoms with Gasteiger partial charge in [-0.05, 0) is 24.2 Å². The van der Waals surface area contributed by atoms with Crippen LogP contribution in [0.25, 0.3) is 11.1 Å². The molecule has 8 nitrogen and oxygen atoms in total. The van der Waals surface area contributed by atoms with Crippen LogP contribution in [0.4, 0.5) is 10.1 Å². The monoisotopic (exact) mass is 400 g/mol. The number of rotatable bonds is 8. The molecular formula is C20H21FN4O4. The lowest BCUT2D eigenvalue weighted by molar-refractivity contribution is -0.385. The summed E-state index contributed by atoms with van der Waals surface area (Å²) >= 11 is 0. The lowest BCUT2D eigenvalue weighted by Gasteiger charge is -2.11. The first kappa shape index (κ1) is 20.3. The van der Waals surface area contributed by atoms with Crippen LogP contribution in [0.5, 0.6) is 11.5 Å². The lowest BCUT2D eigenvalue weighted by Crippen LogP contribution is -2.12.